The molecular formula is C55H72N8O21. The van der Waals surface area contributed by atoms with Gasteiger partial charge in [-0.1, -0.05) is 0 Å². The average molecular weight is 1180 g/mol. The maximum atomic E-state index is 13.7. The first kappa shape index (κ1) is 64.1. The van der Waals surface area contributed by atoms with Gasteiger partial charge in [0.1, 0.15) is 24.7 Å². The summed E-state index contributed by atoms with van der Waals surface area (Å²) in [5.41, 5.74) is 2.32. The number of benzene rings is 1. The van der Waals surface area contributed by atoms with E-state index in [4.69, 9.17) is 57.1 Å². The summed E-state index contributed by atoms with van der Waals surface area (Å²) in [4.78, 5) is 119. The molecule has 3 aromatic rings. The molecule has 0 saturated heterocycles. The number of hydrogen-bond donors (Lipinski definition) is 6. The van der Waals surface area contributed by atoms with Gasteiger partial charge in [-0.15, -0.1) is 0 Å². The Morgan fingerprint density at radius 1 is 0.607 bits per heavy atom. The number of nitrogens with one attached hydrogen (secondary N) is 5. The van der Waals surface area contributed by atoms with Crippen LogP contribution in [0.15, 0.2) is 35.1 Å². The van der Waals surface area contributed by atoms with Crippen molar-refractivity contribution >= 4 is 58.2 Å². The summed E-state index contributed by atoms with van der Waals surface area (Å²) in [6.07, 6.45) is 0.716. The molecule has 0 saturated carbocycles. The van der Waals surface area contributed by atoms with Crippen molar-refractivity contribution in [2.45, 2.75) is 77.5 Å². The van der Waals surface area contributed by atoms with E-state index in [1.165, 1.54) is 37.5 Å². The highest BCUT2D eigenvalue weighted by Gasteiger charge is 2.36. The Balaban J connectivity index is 0.654. The van der Waals surface area contributed by atoms with Gasteiger partial charge in [0, 0.05) is 67.2 Å². The first-order valence-electron chi connectivity index (χ1n) is 27.6. The van der Waals surface area contributed by atoms with Crippen molar-refractivity contribution in [1.29, 1.82) is 0 Å². The first-order chi connectivity index (χ1) is 40.6. The van der Waals surface area contributed by atoms with Gasteiger partial charge in [0.25, 0.3) is 17.4 Å². The quantitative estimate of drug-likeness (QED) is 0.0166. The van der Waals surface area contributed by atoms with Crippen LogP contribution >= 0.6 is 0 Å². The predicted octanol–water partition coefficient (Wildman–Crippen LogP) is -1.67. The number of carbonyl (C=O) groups excluding carboxylic acids is 8. The minimum absolute atomic E-state index is 0.000392. The van der Waals surface area contributed by atoms with Crippen LogP contribution in [0.25, 0.3) is 22.3 Å². The highest BCUT2D eigenvalue weighted by molar-refractivity contribution is 6.13. The first-order valence-corrected chi connectivity index (χ1v) is 27.6. The number of cyclic esters (lactones) is 1. The largest absolute Gasteiger partial charge is 0.458 e. The van der Waals surface area contributed by atoms with Crippen LogP contribution in [0.2, 0.25) is 0 Å². The number of carbonyl (C=O) groups is 8. The van der Waals surface area contributed by atoms with Crippen molar-refractivity contribution in [3.8, 4) is 22.9 Å². The Kier molecular flexibility index (Phi) is 24.8. The molecule has 0 aliphatic carbocycles. The number of aliphatic hydroxyl groups excluding tert-OH is 1. The van der Waals surface area contributed by atoms with Crippen molar-refractivity contribution in [2.24, 2.45) is 0 Å². The van der Waals surface area contributed by atoms with Crippen LogP contribution in [0.1, 0.15) is 62.0 Å². The number of aromatic nitrogens is 2. The molecule has 29 nitrogen and oxygen atoms in total. The average Bonchev–Trinajstić information content (AvgIpc) is 1.75. The summed E-state index contributed by atoms with van der Waals surface area (Å²) in [6, 6.07) is 1.84. The Labute approximate surface area is 482 Å². The lowest BCUT2D eigenvalue weighted by Crippen LogP contribution is -2.54. The number of ether oxygens (including phenoxy) is 11. The van der Waals surface area contributed by atoms with Crippen LogP contribution in [0, 0.1) is 0 Å². The second kappa shape index (κ2) is 32.5. The molecule has 2 aromatic heterocycles. The second-order valence-electron chi connectivity index (χ2n) is 19.4. The van der Waals surface area contributed by atoms with Crippen molar-refractivity contribution in [3.63, 3.8) is 0 Å². The lowest BCUT2D eigenvalue weighted by molar-refractivity contribution is -0.157. The summed E-state index contributed by atoms with van der Waals surface area (Å²) in [7, 11) is 0. The third-order valence-electron chi connectivity index (χ3n) is 13.4. The maximum absolute atomic E-state index is 13.7. The molecule has 7 amide bonds. The van der Waals surface area contributed by atoms with E-state index in [9.17, 15) is 48.3 Å². The van der Waals surface area contributed by atoms with Crippen LogP contribution in [-0.2, 0) is 101 Å². The lowest BCUT2D eigenvalue weighted by atomic mass is 9.98. The zero-order valence-corrected chi connectivity index (χ0v) is 47.1. The molecule has 0 fully saturated rings. The number of amides is 7. The summed E-state index contributed by atoms with van der Waals surface area (Å²) >= 11 is 0. The standard InChI is InChI=1S/C55H72N8O21/c1-33(51(69)57-29-38-36-27-43-44(84-32-83-43)28-41(36)61-49-39(38)30-63-42(49)26-37-40(54(63)72)31-82-55(73)50(37)68)59-53(71)35(3)60-52(70)34(2)58-46(65)7-10-74-12-14-76-16-18-78-20-22-80-24-25-81-23-21-79-19-17-77-15-13-75-11-8-56-45(64)6-9-62-47(66)4-5-48(62)67/h4-5,26-28,33-35,50,68H,6-25,29-32H2,1-3H3,(H,56,64)(H,57,69)(H,58,65)(H,59,71)(H,60,70)/t33-,34-,35-,50-/m0/s1. The van der Waals surface area contributed by atoms with E-state index < -0.39 is 71.2 Å². The van der Waals surface area contributed by atoms with Gasteiger partial charge in [0.15, 0.2) is 17.6 Å². The summed E-state index contributed by atoms with van der Waals surface area (Å²) < 4.78 is 61.4. The number of rotatable bonds is 38. The van der Waals surface area contributed by atoms with Gasteiger partial charge >= 0.3 is 5.97 Å². The zero-order valence-electron chi connectivity index (χ0n) is 47.1. The Hall–Kier alpha value is -7.48. The van der Waals surface area contributed by atoms with E-state index in [1.807, 2.05) is 0 Å². The van der Waals surface area contributed by atoms with Crippen molar-refractivity contribution in [1.82, 2.24) is 41.0 Å². The van der Waals surface area contributed by atoms with E-state index in [-0.39, 0.29) is 82.7 Å². The molecular weight excluding hydrogens is 1110 g/mol. The molecule has 0 spiro atoms. The molecule has 7 rings (SSSR count). The van der Waals surface area contributed by atoms with Gasteiger partial charge < -0.3 is 88.4 Å². The topological polar surface area (TPSA) is 357 Å². The molecule has 0 unspecified atom stereocenters. The molecule has 84 heavy (non-hydrogen) atoms. The van der Waals surface area contributed by atoms with Gasteiger partial charge in [0.2, 0.25) is 36.3 Å². The number of esters is 1. The molecule has 0 radical (unpaired) electrons. The number of hydrogen-bond acceptors (Lipinski definition) is 22. The minimum atomic E-state index is -1.64. The SMILES string of the molecule is C[C@H](NC(=O)CCOCCOCCOCCOCCOCCOCCOCCOCCNC(=O)CCN1C(=O)C=CC1=O)C(=O)N[C@@H](C)C(=O)N[C@@H](C)C(=O)NCc1c2c(nc3cc4c(cc13)OCO4)-c1cc3c(c(=O)n1C2)COC(=O)[C@H]3O. The van der Waals surface area contributed by atoms with Gasteiger partial charge in [-0.25, -0.2) is 9.78 Å². The van der Waals surface area contributed by atoms with Crippen molar-refractivity contribution in [2.75, 3.05) is 126 Å². The molecule has 4 aliphatic heterocycles. The monoisotopic (exact) mass is 1180 g/mol. The fourth-order valence-electron chi connectivity index (χ4n) is 8.84. The van der Waals surface area contributed by atoms with E-state index in [1.54, 1.807) is 18.2 Å². The fourth-order valence-corrected chi connectivity index (χ4v) is 8.84. The van der Waals surface area contributed by atoms with Crippen LogP contribution in [-0.4, -0.2) is 211 Å². The van der Waals surface area contributed by atoms with Crippen LogP contribution < -0.4 is 41.6 Å². The smallest absolute Gasteiger partial charge is 0.340 e. The van der Waals surface area contributed by atoms with E-state index >= 15 is 0 Å². The number of nitrogens with zero attached hydrogens (tertiary/aromatic N) is 3. The van der Waals surface area contributed by atoms with Gasteiger partial charge in [-0.05, 0) is 38.5 Å². The Morgan fingerprint density at radius 2 is 1.12 bits per heavy atom. The predicted molar refractivity (Wildman–Crippen MR) is 291 cm³/mol. The number of imide groups is 1. The third kappa shape index (κ3) is 18.3. The third-order valence-corrected chi connectivity index (χ3v) is 13.4. The number of aliphatic hydroxyl groups is 1. The summed E-state index contributed by atoms with van der Waals surface area (Å²) in [5, 5.41) is 24.4. The molecule has 4 aliphatic rings. The van der Waals surface area contributed by atoms with E-state index in [0.717, 1.165) is 4.90 Å². The van der Waals surface area contributed by atoms with E-state index in [0.29, 0.717) is 137 Å². The molecule has 1 aromatic carbocycles. The van der Waals surface area contributed by atoms with Gasteiger partial charge in [-0.3, -0.25) is 43.3 Å². The zero-order chi connectivity index (χ0) is 60.0. The highest BCUT2D eigenvalue weighted by Crippen LogP contribution is 2.42. The molecule has 6 heterocycles. The number of pyridine rings is 2. The highest BCUT2D eigenvalue weighted by atomic mass is 16.7. The number of fused-ring (bicyclic) bond motifs is 6. The lowest BCUT2D eigenvalue weighted by Gasteiger charge is -2.21. The van der Waals surface area contributed by atoms with Gasteiger partial charge in [0.05, 0.1) is 135 Å². The van der Waals surface area contributed by atoms with Crippen LogP contribution in [0.4, 0.5) is 0 Å². The minimum Gasteiger partial charge on any atom is -0.458 e. The van der Waals surface area contributed by atoms with Crippen molar-refractivity contribution < 1.29 is 95.6 Å². The van der Waals surface area contributed by atoms with Crippen molar-refractivity contribution in [3.05, 3.63) is 63.0 Å². The van der Waals surface area contributed by atoms with Gasteiger partial charge in [-0.2, -0.15) is 0 Å². The summed E-state index contributed by atoms with van der Waals surface area (Å²) in [5.74, 6) is -3.35. The fraction of sp³-hybridized carbons (Fsp3) is 0.564. The Bertz CT molecular complexity index is 2920. The van der Waals surface area contributed by atoms with Crippen LogP contribution in [0.5, 0.6) is 11.5 Å². The molecule has 0 bridgehead atoms. The van der Waals surface area contributed by atoms with E-state index in [2.05, 4.69) is 26.6 Å². The maximum Gasteiger partial charge on any atom is 0.340 e. The Morgan fingerprint density at radius 3 is 1.69 bits per heavy atom. The summed E-state index contributed by atoms with van der Waals surface area (Å²) in [6.45, 7) is 9.86. The molecule has 6 N–H and O–H groups in total. The normalized spacial score (nSPS) is 15.7. The molecule has 458 valence electrons. The second-order valence-corrected chi connectivity index (χ2v) is 19.4. The molecule has 29 heteroatoms. The van der Waals surface area contributed by atoms with Crippen LogP contribution in [0.3, 0.4) is 0 Å². The molecule has 4 atom stereocenters.